The molecule has 0 spiro atoms. The van der Waals surface area contributed by atoms with Crippen LogP contribution in [0.5, 0.6) is 0 Å². The minimum atomic E-state index is -0.248. The van der Waals surface area contributed by atoms with E-state index < -0.39 is 0 Å². The van der Waals surface area contributed by atoms with Crippen molar-refractivity contribution in [2.45, 2.75) is 39.5 Å². The second kappa shape index (κ2) is 7.77. The molecule has 1 fully saturated rings. The first-order chi connectivity index (χ1) is 10.5. The highest BCUT2D eigenvalue weighted by molar-refractivity contribution is 9.10. The topological polar surface area (TPSA) is 49.4 Å². The van der Waals surface area contributed by atoms with Gasteiger partial charge in [-0.3, -0.25) is 9.59 Å². The van der Waals surface area contributed by atoms with Gasteiger partial charge in [-0.25, -0.2) is 0 Å². The van der Waals surface area contributed by atoms with Gasteiger partial charge in [-0.15, -0.1) is 0 Å². The number of rotatable bonds is 6. The predicted octanol–water partition coefficient (Wildman–Crippen LogP) is 3.73. The number of likely N-dealkylation sites (tertiary alicyclic amines) is 1. The standard InChI is InChI=1S/C17H23BrN2O2/c1-3-4-5-8-20-11-13(10-16(20)21)17(22)19-15-7-6-12(2)9-14(15)18/h6-7,9,13H,3-5,8,10-11H2,1-2H3,(H,19,22). The van der Waals surface area contributed by atoms with Crippen LogP contribution in [0.2, 0.25) is 0 Å². The summed E-state index contributed by atoms with van der Waals surface area (Å²) in [5.41, 5.74) is 1.88. The van der Waals surface area contributed by atoms with Crippen molar-refractivity contribution in [1.29, 1.82) is 0 Å². The van der Waals surface area contributed by atoms with Gasteiger partial charge in [-0.1, -0.05) is 25.8 Å². The summed E-state index contributed by atoms with van der Waals surface area (Å²) in [6.07, 6.45) is 3.59. The van der Waals surface area contributed by atoms with Crippen molar-refractivity contribution >= 4 is 33.4 Å². The average Bonchev–Trinajstić information content (AvgIpc) is 2.84. The Morgan fingerprint density at radius 1 is 1.41 bits per heavy atom. The molecule has 22 heavy (non-hydrogen) atoms. The summed E-state index contributed by atoms with van der Waals surface area (Å²) >= 11 is 3.46. The predicted molar refractivity (Wildman–Crippen MR) is 91.7 cm³/mol. The zero-order valence-corrected chi connectivity index (χ0v) is 14.8. The van der Waals surface area contributed by atoms with Gasteiger partial charge in [0.2, 0.25) is 11.8 Å². The number of unbranched alkanes of at least 4 members (excludes halogenated alkanes) is 2. The molecule has 1 heterocycles. The van der Waals surface area contributed by atoms with Crippen molar-refractivity contribution in [3.63, 3.8) is 0 Å². The Balaban J connectivity index is 1.92. The Labute approximate surface area is 140 Å². The minimum Gasteiger partial charge on any atom is -0.342 e. The maximum Gasteiger partial charge on any atom is 0.229 e. The van der Waals surface area contributed by atoms with Crippen LogP contribution >= 0.6 is 15.9 Å². The largest absolute Gasteiger partial charge is 0.342 e. The Morgan fingerprint density at radius 3 is 2.86 bits per heavy atom. The molecule has 1 atom stereocenters. The maximum absolute atomic E-state index is 12.4. The van der Waals surface area contributed by atoms with Crippen LogP contribution in [-0.2, 0) is 9.59 Å². The van der Waals surface area contributed by atoms with Crippen molar-refractivity contribution in [3.05, 3.63) is 28.2 Å². The van der Waals surface area contributed by atoms with Crippen molar-refractivity contribution in [2.75, 3.05) is 18.4 Å². The van der Waals surface area contributed by atoms with Crippen LogP contribution in [0.3, 0.4) is 0 Å². The van der Waals surface area contributed by atoms with Gasteiger partial charge in [0.05, 0.1) is 11.6 Å². The Hall–Kier alpha value is -1.36. The van der Waals surface area contributed by atoms with Crippen molar-refractivity contribution in [2.24, 2.45) is 5.92 Å². The van der Waals surface area contributed by atoms with Gasteiger partial charge in [-0.05, 0) is 47.0 Å². The number of benzene rings is 1. The molecule has 1 aromatic carbocycles. The molecular formula is C17H23BrN2O2. The van der Waals surface area contributed by atoms with E-state index in [2.05, 4.69) is 28.2 Å². The summed E-state index contributed by atoms with van der Waals surface area (Å²) in [6, 6.07) is 5.80. The Kier molecular flexibility index (Phi) is 6.00. The van der Waals surface area contributed by atoms with Crippen LogP contribution < -0.4 is 5.32 Å². The van der Waals surface area contributed by atoms with E-state index in [1.807, 2.05) is 30.0 Å². The summed E-state index contributed by atoms with van der Waals surface area (Å²) < 4.78 is 0.866. The Bertz CT molecular complexity index is 560. The monoisotopic (exact) mass is 366 g/mol. The summed E-state index contributed by atoms with van der Waals surface area (Å²) in [5.74, 6) is -0.225. The van der Waals surface area contributed by atoms with Gasteiger partial charge in [0.25, 0.3) is 0 Å². The molecule has 0 aromatic heterocycles. The van der Waals surface area contributed by atoms with Gasteiger partial charge < -0.3 is 10.2 Å². The lowest BCUT2D eigenvalue weighted by molar-refractivity contribution is -0.128. The first-order valence-electron chi connectivity index (χ1n) is 7.86. The molecule has 1 aromatic rings. The second-order valence-corrected chi connectivity index (χ2v) is 6.77. The van der Waals surface area contributed by atoms with Gasteiger partial charge in [0.15, 0.2) is 0 Å². The summed E-state index contributed by atoms with van der Waals surface area (Å²) in [5, 5.41) is 2.92. The first kappa shape index (κ1) is 17.0. The van der Waals surface area contributed by atoms with Crippen LogP contribution in [0.1, 0.15) is 38.2 Å². The van der Waals surface area contributed by atoms with Crippen LogP contribution in [0.4, 0.5) is 5.69 Å². The molecule has 1 unspecified atom stereocenters. The minimum absolute atomic E-state index is 0.0732. The highest BCUT2D eigenvalue weighted by Gasteiger charge is 2.34. The second-order valence-electron chi connectivity index (χ2n) is 5.92. The van der Waals surface area contributed by atoms with E-state index in [-0.39, 0.29) is 17.7 Å². The van der Waals surface area contributed by atoms with Gasteiger partial charge in [0, 0.05) is 24.0 Å². The number of aryl methyl sites for hydroxylation is 1. The molecule has 1 saturated heterocycles. The van der Waals surface area contributed by atoms with E-state index >= 15 is 0 Å². The molecule has 0 radical (unpaired) electrons. The third-order valence-corrected chi connectivity index (χ3v) is 4.66. The smallest absolute Gasteiger partial charge is 0.229 e. The lowest BCUT2D eigenvalue weighted by Gasteiger charge is -2.16. The third-order valence-electron chi connectivity index (χ3n) is 4.00. The van der Waals surface area contributed by atoms with Crippen LogP contribution in [-0.4, -0.2) is 29.8 Å². The van der Waals surface area contributed by atoms with Crippen molar-refractivity contribution in [3.8, 4) is 0 Å². The van der Waals surface area contributed by atoms with E-state index in [1.165, 1.54) is 0 Å². The van der Waals surface area contributed by atoms with E-state index in [0.29, 0.717) is 13.0 Å². The zero-order chi connectivity index (χ0) is 16.1. The molecule has 1 aliphatic heterocycles. The van der Waals surface area contributed by atoms with E-state index in [1.54, 1.807) is 0 Å². The number of carbonyl (C=O) groups is 2. The molecular weight excluding hydrogens is 344 g/mol. The lowest BCUT2D eigenvalue weighted by atomic mass is 10.1. The number of hydrogen-bond donors (Lipinski definition) is 1. The van der Waals surface area contributed by atoms with Crippen LogP contribution in [0.15, 0.2) is 22.7 Å². The van der Waals surface area contributed by atoms with Crippen molar-refractivity contribution in [1.82, 2.24) is 4.90 Å². The molecule has 1 aliphatic rings. The number of nitrogens with zero attached hydrogens (tertiary/aromatic N) is 1. The quantitative estimate of drug-likeness (QED) is 0.779. The van der Waals surface area contributed by atoms with Gasteiger partial charge in [0.1, 0.15) is 0 Å². The van der Waals surface area contributed by atoms with Crippen LogP contribution in [0.25, 0.3) is 0 Å². The average molecular weight is 367 g/mol. The molecule has 0 aliphatic carbocycles. The fourth-order valence-corrected chi connectivity index (χ4v) is 3.27. The number of hydrogen-bond acceptors (Lipinski definition) is 2. The molecule has 5 heteroatoms. The number of carbonyl (C=O) groups excluding carboxylic acids is 2. The fourth-order valence-electron chi connectivity index (χ4n) is 2.67. The SMILES string of the molecule is CCCCCN1CC(C(=O)Nc2ccc(C)cc2Br)CC1=O. The van der Waals surface area contributed by atoms with Crippen molar-refractivity contribution < 1.29 is 9.59 Å². The van der Waals surface area contributed by atoms with E-state index in [9.17, 15) is 9.59 Å². The molecule has 0 bridgehead atoms. The highest BCUT2D eigenvalue weighted by atomic mass is 79.9. The molecule has 2 rings (SSSR count). The molecule has 2 amide bonds. The van der Waals surface area contributed by atoms with Gasteiger partial charge >= 0.3 is 0 Å². The van der Waals surface area contributed by atoms with E-state index in [0.717, 1.165) is 41.5 Å². The fraction of sp³-hybridized carbons (Fsp3) is 0.529. The number of halogens is 1. The highest BCUT2D eigenvalue weighted by Crippen LogP contribution is 2.26. The summed E-state index contributed by atoms with van der Waals surface area (Å²) in [7, 11) is 0. The number of anilines is 1. The molecule has 0 saturated carbocycles. The number of amides is 2. The Morgan fingerprint density at radius 2 is 2.18 bits per heavy atom. The first-order valence-corrected chi connectivity index (χ1v) is 8.65. The maximum atomic E-state index is 12.4. The number of nitrogens with one attached hydrogen (secondary N) is 1. The summed E-state index contributed by atoms with van der Waals surface area (Å²) in [4.78, 5) is 26.2. The zero-order valence-electron chi connectivity index (χ0n) is 13.2. The molecule has 1 N–H and O–H groups in total. The normalized spacial score (nSPS) is 17.9. The lowest BCUT2D eigenvalue weighted by Crippen LogP contribution is -2.29. The summed E-state index contributed by atoms with van der Waals surface area (Å²) in [6.45, 7) is 5.45. The third kappa shape index (κ3) is 4.32. The molecule has 120 valence electrons. The molecule has 4 nitrogen and oxygen atoms in total. The van der Waals surface area contributed by atoms with Gasteiger partial charge in [-0.2, -0.15) is 0 Å². The van der Waals surface area contributed by atoms with E-state index in [4.69, 9.17) is 0 Å². The van der Waals surface area contributed by atoms with Crippen LogP contribution in [0, 0.1) is 12.8 Å².